The van der Waals surface area contributed by atoms with Gasteiger partial charge in [0, 0.05) is 6.54 Å². The molecule has 11 heteroatoms. The predicted molar refractivity (Wildman–Crippen MR) is 114 cm³/mol. The van der Waals surface area contributed by atoms with E-state index in [-0.39, 0.29) is 30.6 Å². The molecule has 0 spiro atoms. The largest absolute Gasteiger partial charge is 0.454 e. The van der Waals surface area contributed by atoms with E-state index in [0.717, 1.165) is 17.7 Å². The third-order valence-electron chi connectivity index (χ3n) is 5.17. The number of carbonyl (C=O) groups excluding carboxylic acids is 1. The molecule has 33 heavy (non-hydrogen) atoms. The van der Waals surface area contributed by atoms with Gasteiger partial charge in [-0.3, -0.25) is 4.79 Å². The SMILES string of the molecule is O=C(C[C@@H]1C=C[C@@H](NS(=O)(=O)c2cccc(F)c2)[C@H](CO)O1)NCc1ccc2c(c1)OCO2. The highest BCUT2D eigenvalue weighted by atomic mass is 32.2. The van der Waals surface area contributed by atoms with Gasteiger partial charge in [0.15, 0.2) is 11.5 Å². The van der Waals surface area contributed by atoms with Gasteiger partial charge in [0.2, 0.25) is 22.7 Å². The van der Waals surface area contributed by atoms with Gasteiger partial charge in [-0.2, -0.15) is 0 Å². The van der Waals surface area contributed by atoms with E-state index in [9.17, 15) is 22.7 Å². The highest BCUT2D eigenvalue weighted by molar-refractivity contribution is 7.89. The number of benzene rings is 2. The molecule has 2 aliphatic rings. The summed E-state index contributed by atoms with van der Waals surface area (Å²) < 4.78 is 57.1. The average Bonchev–Trinajstić information content (AvgIpc) is 3.26. The summed E-state index contributed by atoms with van der Waals surface area (Å²) in [7, 11) is -4.04. The van der Waals surface area contributed by atoms with Crippen LogP contribution in [0.4, 0.5) is 4.39 Å². The van der Waals surface area contributed by atoms with Crippen LogP contribution in [0.15, 0.2) is 59.5 Å². The average molecular weight is 478 g/mol. The van der Waals surface area contributed by atoms with Crippen molar-refractivity contribution in [3.63, 3.8) is 0 Å². The zero-order valence-electron chi connectivity index (χ0n) is 17.4. The number of rotatable bonds is 8. The summed E-state index contributed by atoms with van der Waals surface area (Å²) >= 11 is 0. The van der Waals surface area contributed by atoms with E-state index in [0.29, 0.717) is 11.5 Å². The summed E-state index contributed by atoms with van der Waals surface area (Å²) in [5.74, 6) is 0.318. The van der Waals surface area contributed by atoms with E-state index >= 15 is 0 Å². The number of sulfonamides is 1. The minimum Gasteiger partial charge on any atom is -0.454 e. The molecule has 3 N–H and O–H groups in total. The smallest absolute Gasteiger partial charge is 0.241 e. The highest BCUT2D eigenvalue weighted by Crippen LogP contribution is 2.32. The molecule has 0 saturated heterocycles. The van der Waals surface area contributed by atoms with Crippen molar-refractivity contribution in [1.82, 2.24) is 10.0 Å². The van der Waals surface area contributed by atoms with E-state index in [1.165, 1.54) is 18.2 Å². The fourth-order valence-corrected chi connectivity index (χ4v) is 4.75. The van der Waals surface area contributed by atoms with Gasteiger partial charge in [0.05, 0.1) is 30.1 Å². The maximum atomic E-state index is 13.4. The first-order valence-corrected chi connectivity index (χ1v) is 11.7. The molecule has 9 nitrogen and oxygen atoms in total. The lowest BCUT2D eigenvalue weighted by atomic mass is 10.1. The Balaban J connectivity index is 1.33. The maximum Gasteiger partial charge on any atom is 0.241 e. The van der Waals surface area contributed by atoms with Crippen LogP contribution in [0.1, 0.15) is 12.0 Å². The first-order chi connectivity index (χ1) is 15.8. The number of ether oxygens (including phenoxy) is 3. The summed E-state index contributed by atoms with van der Waals surface area (Å²) in [5, 5.41) is 12.5. The summed E-state index contributed by atoms with van der Waals surface area (Å²) in [6, 6.07) is 9.10. The summed E-state index contributed by atoms with van der Waals surface area (Å²) in [6.45, 7) is -0.0245. The van der Waals surface area contributed by atoms with Crippen molar-refractivity contribution >= 4 is 15.9 Å². The molecule has 2 aromatic rings. The van der Waals surface area contributed by atoms with Crippen LogP contribution in [0.3, 0.4) is 0 Å². The third kappa shape index (κ3) is 5.69. The number of amides is 1. The van der Waals surface area contributed by atoms with Gasteiger partial charge in [-0.1, -0.05) is 24.3 Å². The van der Waals surface area contributed by atoms with Gasteiger partial charge in [-0.05, 0) is 35.9 Å². The molecular formula is C22H23FN2O7S. The Hall–Kier alpha value is -2.99. The number of carbonyl (C=O) groups is 1. The zero-order chi connectivity index (χ0) is 23.4. The van der Waals surface area contributed by atoms with Crippen molar-refractivity contribution in [1.29, 1.82) is 0 Å². The van der Waals surface area contributed by atoms with Crippen molar-refractivity contribution in [2.75, 3.05) is 13.4 Å². The quantitative estimate of drug-likeness (QED) is 0.488. The lowest BCUT2D eigenvalue weighted by Gasteiger charge is -2.31. The fourth-order valence-electron chi connectivity index (χ4n) is 3.50. The van der Waals surface area contributed by atoms with Crippen molar-refractivity contribution < 1.29 is 36.9 Å². The van der Waals surface area contributed by atoms with Gasteiger partial charge in [0.25, 0.3) is 0 Å². The summed E-state index contributed by atoms with van der Waals surface area (Å²) in [4.78, 5) is 12.1. The van der Waals surface area contributed by atoms with E-state index in [1.54, 1.807) is 18.2 Å². The summed E-state index contributed by atoms with van der Waals surface area (Å²) in [5.41, 5.74) is 0.841. The lowest BCUT2D eigenvalue weighted by Crippen LogP contribution is -2.49. The second-order valence-electron chi connectivity index (χ2n) is 7.55. The molecule has 3 atom stereocenters. The molecule has 2 aliphatic heterocycles. The van der Waals surface area contributed by atoms with Crippen molar-refractivity contribution in [2.45, 2.75) is 36.1 Å². The number of nitrogens with one attached hydrogen (secondary N) is 2. The van der Waals surface area contributed by atoms with Gasteiger partial charge in [-0.25, -0.2) is 17.5 Å². The number of halogens is 1. The topological polar surface area (TPSA) is 123 Å². The molecule has 0 unspecified atom stereocenters. The molecule has 0 bridgehead atoms. The predicted octanol–water partition coefficient (Wildman–Crippen LogP) is 1.22. The van der Waals surface area contributed by atoms with E-state index in [2.05, 4.69) is 10.0 Å². The molecular weight excluding hydrogens is 455 g/mol. The Labute approximate surface area is 190 Å². The van der Waals surface area contributed by atoms with Crippen LogP contribution in [0.25, 0.3) is 0 Å². The van der Waals surface area contributed by atoms with Gasteiger partial charge < -0.3 is 24.6 Å². The number of aliphatic hydroxyl groups is 1. The molecule has 0 fully saturated rings. The van der Waals surface area contributed by atoms with Crippen LogP contribution < -0.4 is 19.5 Å². The number of fused-ring (bicyclic) bond motifs is 1. The molecule has 1 amide bonds. The molecule has 2 aromatic carbocycles. The Morgan fingerprint density at radius 3 is 2.73 bits per heavy atom. The third-order valence-corrected chi connectivity index (χ3v) is 6.63. The maximum absolute atomic E-state index is 13.4. The van der Waals surface area contributed by atoms with Crippen LogP contribution in [-0.2, 0) is 26.1 Å². The second kappa shape index (κ2) is 9.87. The summed E-state index contributed by atoms with van der Waals surface area (Å²) in [6.07, 6.45) is 1.52. The first-order valence-electron chi connectivity index (χ1n) is 10.2. The Kier molecular flexibility index (Phi) is 6.94. The Morgan fingerprint density at radius 1 is 1.12 bits per heavy atom. The monoisotopic (exact) mass is 478 g/mol. The molecule has 0 aliphatic carbocycles. The number of hydrogen-bond donors (Lipinski definition) is 3. The highest BCUT2D eigenvalue weighted by Gasteiger charge is 2.31. The van der Waals surface area contributed by atoms with Crippen LogP contribution >= 0.6 is 0 Å². The van der Waals surface area contributed by atoms with Crippen LogP contribution in [0.2, 0.25) is 0 Å². The normalized spacial score (nSPS) is 21.7. The molecule has 0 aromatic heterocycles. The standard InChI is InChI=1S/C22H23FN2O7S/c23-15-2-1-3-17(9-15)33(28,29)25-18-6-5-16(32-21(18)12-26)10-22(27)24-11-14-4-7-19-20(8-14)31-13-30-19/h1-9,16,18,21,25-26H,10-13H2,(H,24,27)/t16-,18+,21-/m0/s1. The van der Waals surface area contributed by atoms with Gasteiger partial charge in [0.1, 0.15) is 11.9 Å². The second-order valence-corrected chi connectivity index (χ2v) is 9.27. The molecule has 2 heterocycles. The van der Waals surface area contributed by atoms with Crippen LogP contribution in [-0.4, -0.2) is 51.1 Å². The Bertz CT molecular complexity index is 1160. The lowest BCUT2D eigenvalue weighted by molar-refractivity contribution is -0.125. The van der Waals surface area contributed by atoms with E-state index < -0.39 is 40.7 Å². The van der Waals surface area contributed by atoms with Gasteiger partial charge in [-0.15, -0.1) is 0 Å². The first kappa shape index (κ1) is 23.2. The van der Waals surface area contributed by atoms with Gasteiger partial charge >= 0.3 is 0 Å². The van der Waals surface area contributed by atoms with Crippen LogP contribution in [0.5, 0.6) is 11.5 Å². The Morgan fingerprint density at radius 2 is 1.94 bits per heavy atom. The molecule has 176 valence electrons. The minimum atomic E-state index is -4.04. The van der Waals surface area contributed by atoms with E-state index in [1.807, 2.05) is 6.07 Å². The number of hydrogen-bond acceptors (Lipinski definition) is 7. The van der Waals surface area contributed by atoms with Crippen molar-refractivity contribution in [3.05, 3.63) is 66.0 Å². The zero-order valence-corrected chi connectivity index (χ0v) is 18.3. The van der Waals surface area contributed by atoms with E-state index in [4.69, 9.17) is 14.2 Å². The van der Waals surface area contributed by atoms with Crippen molar-refractivity contribution in [3.8, 4) is 11.5 Å². The minimum absolute atomic E-state index is 0.0130. The molecule has 0 radical (unpaired) electrons. The van der Waals surface area contributed by atoms with Crippen molar-refractivity contribution in [2.24, 2.45) is 0 Å². The molecule has 0 saturated carbocycles. The molecule has 4 rings (SSSR count). The number of aliphatic hydroxyl groups excluding tert-OH is 1. The van der Waals surface area contributed by atoms with Crippen LogP contribution in [0, 0.1) is 5.82 Å². The fraction of sp³-hybridized carbons (Fsp3) is 0.318.